The highest BCUT2D eigenvalue weighted by molar-refractivity contribution is 6.30. The van der Waals surface area contributed by atoms with Crippen LogP contribution in [0.25, 0.3) is 0 Å². The van der Waals surface area contributed by atoms with E-state index >= 15 is 0 Å². The Morgan fingerprint density at radius 3 is 2.50 bits per heavy atom. The average Bonchev–Trinajstić information content (AvgIpc) is 2.65. The fourth-order valence-corrected chi connectivity index (χ4v) is 3.51. The smallest absolute Gasteiger partial charge is 0.224 e. The summed E-state index contributed by atoms with van der Waals surface area (Å²) < 4.78 is 0. The summed E-state index contributed by atoms with van der Waals surface area (Å²) in [5.74, 6) is 0.225. The fraction of sp³-hybridized carbons (Fsp3) is 0.381. The molecule has 1 aliphatic rings. The number of aryl methyl sites for hydroxylation is 1. The highest BCUT2D eigenvalue weighted by Gasteiger charge is 2.20. The van der Waals surface area contributed by atoms with Crippen LogP contribution < -0.4 is 5.32 Å². The molecular weight excluding hydrogens is 346 g/mol. The van der Waals surface area contributed by atoms with E-state index in [9.17, 15) is 4.79 Å². The van der Waals surface area contributed by atoms with Crippen molar-refractivity contribution in [1.82, 2.24) is 9.80 Å². The molecule has 4 nitrogen and oxygen atoms in total. The van der Waals surface area contributed by atoms with Crippen LogP contribution >= 0.6 is 11.6 Å². The molecule has 0 spiro atoms. The van der Waals surface area contributed by atoms with Crippen LogP contribution in [-0.4, -0.2) is 48.4 Å². The highest BCUT2D eigenvalue weighted by atomic mass is 35.5. The lowest BCUT2D eigenvalue weighted by Gasteiger charge is -2.34. The molecule has 0 aromatic heterocycles. The Bertz CT molecular complexity index is 727. The van der Waals surface area contributed by atoms with Gasteiger partial charge in [-0.1, -0.05) is 41.9 Å². The quantitative estimate of drug-likeness (QED) is 0.839. The van der Waals surface area contributed by atoms with Crippen LogP contribution in [0.3, 0.4) is 0 Å². The van der Waals surface area contributed by atoms with Crippen molar-refractivity contribution in [3.05, 3.63) is 64.7 Å². The molecule has 1 N–H and O–H groups in total. The average molecular weight is 372 g/mol. The second kappa shape index (κ2) is 9.06. The number of nitrogens with one attached hydrogen (secondary N) is 1. The summed E-state index contributed by atoms with van der Waals surface area (Å²) in [5, 5.41) is 4.07. The van der Waals surface area contributed by atoms with Crippen LogP contribution in [0.1, 0.15) is 17.5 Å². The lowest BCUT2D eigenvalue weighted by atomic mass is 10.2. The molecule has 0 radical (unpaired) electrons. The van der Waals surface area contributed by atoms with E-state index in [-0.39, 0.29) is 5.91 Å². The van der Waals surface area contributed by atoms with E-state index < -0.39 is 0 Å². The monoisotopic (exact) mass is 371 g/mol. The molecule has 138 valence electrons. The van der Waals surface area contributed by atoms with Gasteiger partial charge in [-0.25, -0.2) is 0 Å². The van der Waals surface area contributed by atoms with E-state index in [1.807, 2.05) is 36.1 Å². The molecule has 0 atom stereocenters. The largest absolute Gasteiger partial charge is 0.384 e. The third-order valence-corrected chi connectivity index (χ3v) is 5.05. The van der Waals surface area contributed by atoms with Gasteiger partial charge in [-0.2, -0.15) is 0 Å². The summed E-state index contributed by atoms with van der Waals surface area (Å²) in [6, 6.07) is 16.3. The van der Waals surface area contributed by atoms with Gasteiger partial charge in [0.25, 0.3) is 0 Å². The number of carbonyl (C=O) groups excluding carboxylic acids is 1. The first kappa shape index (κ1) is 18.7. The first-order valence-corrected chi connectivity index (χ1v) is 9.54. The van der Waals surface area contributed by atoms with Crippen LogP contribution in [0.15, 0.2) is 48.5 Å². The van der Waals surface area contributed by atoms with Crippen molar-refractivity contribution in [3.63, 3.8) is 0 Å². The Morgan fingerprint density at radius 2 is 1.81 bits per heavy atom. The van der Waals surface area contributed by atoms with Crippen LogP contribution in [-0.2, 0) is 11.3 Å². The molecular formula is C21H26ClN3O. The number of amides is 1. The molecule has 1 fully saturated rings. The van der Waals surface area contributed by atoms with Crippen molar-refractivity contribution >= 4 is 23.2 Å². The third kappa shape index (κ3) is 5.23. The fourth-order valence-electron chi connectivity index (χ4n) is 3.28. The number of carbonyl (C=O) groups is 1. The second-order valence-electron chi connectivity index (χ2n) is 6.78. The summed E-state index contributed by atoms with van der Waals surface area (Å²) in [6.07, 6.45) is 0.515. The van der Waals surface area contributed by atoms with Gasteiger partial charge in [-0.3, -0.25) is 9.69 Å². The molecule has 0 unspecified atom stereocenters. The molecule has 5 heteroatoms. The number of halogens is 1. The van der Waals surface area contributed by atoms with Crippen LogP contribution in [0.2, 0.25) is 5.02 Å². The minimum absolute atomic E-state index is 0.225. The molecule has 0 aliphatic carbocycles. The molecule has 2 aromatic carbocycles. The van der Waals surface area contributed by atoms with Gasteiger partial charge in [0.15, 0.2) is 0 Å². The van der Waals surface area contributed by atoms with Gasteiger partial charge in [0.05, 0.1) is 0 Å². The van der Waals surface area contributed by atoms with Crippen molar-refractivity contribution in [2.45, 2.75) is 19.9 Å². The van der Waals surface area contributed by atoms with E-state index in [0.29, 0.717) is 13.0 Å². The number of piperazine rings is 1. The highest BCUT2D eigenvalue weighted by Crippen LogP contribution is 2.19. The zero-order valence-electron chi connectivity index (χ0n) is 15.2. The number of benzene rings is 2. The van der Waals surface area contributed by atoms with E-state index in [0.717, 1.165) is 49.0 Å². The normalized spacial score (nSPS) is 15.1. The standard InChI is InChI=1S/C21H26ClN3O/c1-17-15-19(22)7-8-20(17)23-10-9-21(26)25-13-11-24(12-14-25)16-18-5-3-2-4-6-18/h2-8,15,23H,9-14,16H2,1H3. The predicted molar refractivity (Wildman–Crippen MR) is 108 cm³/mol. The first-order chi connectivity index (χ1) is 12.6. The molecule has 1 saturated heterocycles. The molecule has 1 heterocycles. The minimum atomic E-state index is 0.225. The maximum Gasteiger partial charge on any atom is 0.224 e. The predicted octanol–water partition coefficient (Wildman–Crippen LogP) is 3.79. The topological polar surface area (TPSA) is 35.6 Å². The van der Waals surface area contributed by atoms with Gasteiger partial charge in [0.1, 0.15) is 0 Å². The van der Waals surface area contributed by atoms with Crippen molar-refractivity contribution < 1.29 is 4.79 Å². The zero-order valence-corrected chi connectivity index (χ0v) is 16.0. The summed E-state index contributed by atoms with van der Waals surface area (Å²) in [4.78, 5) is 16.8. The molecule has 26 heavy (non-hydrogen) atoms. The molecule has 0 saturated carbocycles. The Balaban J connectivity index is 1.39. The van der Waals surface area contributed by atoms with Crippen molar-refractivity contribution in [3.8, 4) is 0 Å². The summed E-state index contributed by atoms with van der Waals surface area (Å²) in [5.41, 5.74) is 3.46. The van der Waals surface area contributed by atoms with Gasteiger partial charge < -0.3 is 10.2 Å². The Morgan fingerprint density at radius 1 is 1.08 bits per heavy atom. The SMILES string of the molecule is Cc1cc(Cl)ccc1NCCC(=O)N1CCN(Cc2ccccc2)CC1. The maximum absolute atomic E-state index is 12.4. The van der Waals surface area contributed by atoms with Gasteiger partial charge >= 0.3 is 0 Å². The Hall–Kier alpha value is -2.04. The van der Waals surface area contributed by atoms with Crippen molar-refractivity contribution in [1.29, 1.82) is 0 Å². The zero-order chi connectivity index (χ0) is 18.4. The lowest BCUT2D eigenvalue weighted by Crippen LogP contribution is -2.48. The molecule has 2 aromatic rings. The van der Waals surface area contributed by atoms with Crippen molar-refractivity contribution in [2.75, 3.05) is 38.0 Å². The van der Waals surface area contributed by atoms with Gasteiger partial charge in [0.2, 0.25) is 5.91 Å². The summed E-state index contributed by atoms with van der Waals surface area (Å²) >= 11 is 5.97. The van der Waals surface area contributed by atoms with E-state index in [4.69, 9.17) is 11.6 Å². The molecule has 3 rings (SSSR count). The number of hydrogen-bond acceptors (Lipinski definition) is 3. The summed E-state index contributed by atoms with van der Waals surface area (Å²) in [7, 11) is 0. The molecule has 1 aliphatic heterocycles. The summed E-state index contributed by atoms with van der Waals surface area (Å²) in [6.45, 7) is 7.11. The third-order valence-electron chi connectivity index (χ3n) is 4.82. The first-order valence-electron chi connectivity index (χ1n) is 9.16. The van der Waals surface area contributed by atoms with Crippen LogP contribution in [0, 0.1) is 6.92 Å². The van der Waals surface area contributed by atoms with Gasteiger partial charge in [0, 0.05) is 56.4 Å². The Kier molecular flexibility index (Phi) is 6.53. The Labute approximate surface area is 160 Å². The maximum atomic E-state index is 12.4. The lowest BCUT2D eigenvalue weighted by molar-refractivity contribution is -0.132. The van der Waals surface area contributed by atoms with E-state index in [1.54, 1.807) is 0 Å². The number of anilines is 1. The van der Waals surface area contributed by atoms with Gasteiger partial charge in [-0.05, 0) is 36.2 Å². The van der Waals surface area contributed by atoms with E-state index in [1.165, 1.54) is 5.56 Å². The number of nitrogens with zero attached hydrogens (tertiary/aromatic N) is 2. The van der Waals surface area contributed by atoms with Crippen LogP contribution in [0.4, 0.5) is 5.69 Å². The second-order valence-corrected chi connectivity index (χ2v) is 7.21. The van der Waals surface area contributed by atoms with Gasteiger partial charge in [-0.15, -0.1) is 0 Å². The molecule has 0 bridgehead atoms. The number of hydrogen-bond donors (Lipinski definition) is 1. The van der Waals surface area contributed by atoms with Crippen molar-refractivity contribution in [2.24, 2.45) is 0 Å². The minimum Gasteiger partial charge on any atom is -0.384 e. The number of rotatable bonds is 6. The van der Waals surface area contributed by atoms with Crippen LogP contribution in [0.5, 0.6) is 0 Å². The molecule has 1 amide bonds. The van der Waals surface area contributed by atoms with E-state index in [2.05, 4.69) is 34.5 Å².